The number of hydrogen-bond acceptors (Lipinski definition) is 3. The van der Waals surface area contributed by atoms with Crippen molar-refractivity contribution in [3.8, 4) is 0 Å². The number of carbonyl (C=O) groups excluding carboxylic acids is 1. The van der Waals surface area contributed by atoms with Gasteiger partial charge in [0, 0.05) is 7.11 Å². The summed E-state index contributed by atoms with van der Waals surface area (Å²) in [6, 6.07) is 0. The molecule has 0 saturated carbocycles. The Labute approximate surface area is 115 Å². The molecule has 0 aromatic rings. The summed E-state index contributed by atoms with van der Waals surface area (Å²) in [5.41, 5.74) is -0.635. The summed E-state index contributed by atoms with van der Waals surface area (Å²) in [5.74, 6) is -0.0960. The zero-order valence-corrected chi connectivity index (χ0v) is 12.5. The number of carboxylic acids is 1. The third kappa shape index (κ3) is 5.58. The molecule has 2 unspecified atom stereocenters. The lowest BCUT2D eigenvalue weighted by Gasteiger charge is -2.30. The monoisotopic (exact) mass is 270 g/mol. The molecule has 0 aromatic carbocycles. The number of rotatable bonds is 10. The average Bonchev–Trinajstić information content (AvgIpc) is 2.39. The highest BCUT2D eigenvalue weighted by Crippen LogP contribution is 2.30. The Kier molecular flexibility index (Phi) is 8.37. The number of methoxy groups -OCH3 is 1. The van der Waals surface area contributed by atoms with Gasteiger partial charge in [0.25, 0.3) is 0 Å². The van der Waals surface area contributed by atoms with Crippen molar-refractivity contribution >= 4 is 11.9 Å². The van der Waals surface area contributed by atoms with E-state index in [-0.39, 0.29) is 5.57 Å². The van der Waals surface area contributed by atoms with Crippen LogP contribution in [-0.4, -0.2) is 29.7 Å². The smallest absolute Gasteiger partial charge is 0.311 e. The molecule has 1 N–H and O–H groups in total. The van der Waals surface area contributed by atoms with E-state index in [0.717, 1.165) is 19.3 Å². The van der Waals surface area contributed by atoms with Gasteiger partial charge >= 0.3 is 5.97 Å². The van der Waals surface area contributed by atoms with Crippen LogP contribution in [0.15, 0.2) is 5.57 Å². The Morgan fingerprint density at radius 2 is 1.89 bits per heavy atom. The van der Waals surface area contributed by atoms with Crippen molar-refractivity contribution in [2.24, 2.45) is 5.92 Å². The normalized spacial score (nSPS) is 15.4. The van der Waals surface area contributed by atoms with E-state index >= 15 is 0 Å². The van der Waals surface area contributed by atoms with Gasteiger partial charge in [0.1, 0.15) is 5.94 Å². The molecule has 0 aliphatic heterocycles. The second kappa shape index (κ2) is 8.89. The molecule has 0 spiro atoms. The summed E-state index contributed by atoms with van der Waals surface area (Å²) < 4.78 is 5.41. The van der Waals surface area contributed by atoms with Crippen LogP contribution in [0.4, 0.5) is 0 Å². The zero-order valence-electron chi connectivity index (χ0n) is 12.5. The number of unbranched alkanes of at least 4 members (excludes halogenated alkanes) is 4. The Bertz CT molecular complexity index is 331. The molecular formula is C15H26O4. The van der Waals surface area contributed by atoms with Gasteiger partial charge in [-0.25, -0.2) is 4.79 Å². The van der Waals surface area contributed by atoms with E-state index < -0.39 is 17.5 Å². The number of hydrogen-bond donors (Lipinski definition) is 1. The van der Waals surface area contributed by atoms with Gasteiger partial charge in [-0.15, -0.1) is 0 Å². The molecule has 19 heavy (non-hydrogen) atoms. The quantitative estimate of drug-likeness (QED) is 0.489. The second-order valence-electron chi connectivity index (χ2n) is 5.17. The highest BCUT2D eigenvalue weighted by atomic mass is 16.5. The molecule has 0 aliphatic carbocycles. The van der Waals surface area contributed by atoms with Crippen LogP contribution in [0.25, 0.3) is 0 Å². The first-order valence-electron chi connectivity index (χ1n) is 6.96. The van der Waals surface area contributed by atoms with Crippen molar-refractivity contribution in [2.75, 3.05) is 7.11 Å². The summed E-state index contributed by atoms with van der Waals surface area (Å²) in [5, 5.41) is 9.03. The standard InChI is InChI=1S/C15H26O4/c1-5-6-7-8-9-10-15(3,19-4)13(11-16)12(2)14(17)18/h12H,5-10H2,1-4H3,(H,17,18). The fourth-order valence-corrected chi connectivity index (χ4v) is 2.19. The van der Waals surface area contributed by atoms with E-state index in [0.29, 0.717) is 6.42 Å². The summed E-state index contributed by atoms with van der Waals surface area (Å²) in [6.45, 7) is 5.42. The van der Waals surface area contributed by atoms with Crippen molar-refractivity contribution in [1.82, 2.24) is 0 Å². The molecule has 0 fully saturated rings. The van der Waals surface area contributed by atoms with Gasteiger partial charge in [-0.3, -0.25) is 4.79 Å². The molecule has 0 aromatic heterocycles. The van der Waals surface area contributed by atoms with Crippen molar-refractivity contribution in [2.45, 2.75) is 64.9 Å². The first kappa shape index (κ1) is 17.9. The highest BCUT2D eigenvalue weighted by molar-refractivity contribution is 5.78. The van der Waals surface area contributed by atoms with Crippen LogP contribution in [0.3, 0.4) is 0 Å². The van der Waals surface area contributed by atoms with E-state index in [2.05, 4.69) is 6.92 Å². The minimum absolute atomic E-state index is 0.193. The average molecular weight is 270 g/mol. The number of aliphatic carboxylic acids is 1. The maximum absolute atomic E-state index is 11.1. The van der Waals surface area contributed by atoms with Crippen LogP contribution in [0.5, 0.6) is 0 Å². The third-order valence-corrected chi connectivity index (χ3v) is 3.69. The largest absolute Gasteiger partial charge is 0.481 e. The van der Waals surface area contributed by atoms with Crippen molar-refractivity contribution in [1.29, 1.82) is 0 Å². The molecule has 110 valence electrons. The van der Waals surface area contributed by atoms with Crippen molar-refractivity contribution in [3.63, 3.8) is 0 Å². The topological polar surface area (TPSA) is 63.6 Å². The third-order valence-electron chi connectivity index (χ3n) is 3.69. The minimum Gasteiger partial charge on any atom is -0.481 e. The molecule has 0 radical (unpaired) electrons. The molecule has 0 bridgehead atoms. The lowest BCUT2D eigenvalue weighted by atomic mass is 9.83. The van der Waals surface area contributed by atoms with Crippen LogP contribution < -0.4 is 0 Å². The summed E-state index contributed by atoms with van der Waals surface area (Å²) >= 11 is 0. The van der Waals surface area contributed by atoms with E-state index in [1.807, 2.05) is 0 Å². The van der Waals surface area contributed by atoms with Gasteiger partial charge in [0.2, 0.25) is 0 Å². The van der Waals surface area contributed by atoms with Crippen LogP contribution >= 0.6 is 0 Å². The van der Waals surface area contributed by atoms with Gasteiger partial charge in [-0.1, -0.05) is 39.0 Å². The van der Waals surface area contributed by atoms with Crippen LogP contribution in [0.2, 0.25) is 0 Å². The lowest BCUT2D eigenvalue weighted by molar-refractivity contribution is -0.140. The van der Waals surface area contributed by atoms with Gasteiger partial charge in [-0.2, -0.15) is 0 Å². The lowest BCUT2D eigenvalue weighted by Crippen LogP contribution is -2.35. The zero-order chi connectivity index (χ0) is 14.9. The maximum Gasteiger partial charge on any atom is 0.311 e. The Hall–Kier alpha value is -1.12. The van der Waals surface area contributed by atoms with E-state index in [4.69, 9.17) is 9.84 Å². The molecule has 0 amide bonds. The van der Waals surface area contributed by atoms with Gasteiger partial charge < -0.3 is 9.84 Å². The maximum atomic E-state index is 11.1. The van der Waals surface area contributed by atoms with E-state index in [9.17, 15) is 9.59 Å². The van der Waals surface area contributed by atoms with Crippen LogP contribution in [0.1, 0.15) is 59.3 Å². The first-order chi connectivity index (χ1) is 8.92. The summed E-state index contributed by atoms with van der Waals surface area (Å²) in [7, 11) is 1.51. The van der Waals surface area contributed by atoms with Gasteiger partial charge in [0.05, 0.1) is 17.1 Å². The molecule has 0 aliphatic rings. The van der Waals surface area contributed by atoms with Crippen LogP contribution in [-0.2, 0) is 14.3 Å². The van der Waals surface area contributed by atoms with Gasteiger partial charge in [0.15, 0.2) is 0 Å². The number of ether oxygens (including phenoxy) is 1. The van der Waals surface area contributed by atoms with E-state index in [1.165, 1.54) is 26.9 Å². The molecule has 4 nitrogen and oxygen atoms in total. The fourth-order valence-electron chi connectivity index (χ4n) is 2.19. The van der Waals surface area contributed by atoms with Gasteiger partial charge in [-0.05, 0) is 20.3 Å². The molecule has 0 saturated heterocycles. The first-order valence-corrected chi connectivity index (χ1v) is 6.96. The summed E-state index contributed by atoms with van der Waals surface area (Å²) in [4.78, 5) is 22.1. The van der Waals surface area contributed by atoms with E-state index in [1.54, 1.807) is 12.9 Å². The predicted molar refractivity (Wildman–Crippen MR) is 74.8 cm³/mol. The Morgan fingerprint density at radius 1 is 1.32 bits per heavy atom. The second-order valence-corrected chi connectivity index (χ2v) is 5.17. The van der Waals surface area contributed by atoms with Crippen molar-refractivity contribution in [3.05, 3.63) is 5.57 Å². The molecule has 2 atom stereocenters. The number of carboxylic acid groups (broad SMARTS) is 1. The summed E-state index contributed by atoms with van der Waals surface area (Å²) in [6.07, 6.45) is 6.17. The molecule has 0 heterocycles. The Morgan fingerprint density at radius 3 is 2.32 bits per heavy atom. The van der Waals surface area contributed by atoms with Crippen molar-refractivity contribution < 1.29 is 19.4 Å². The number of carbonyl (C=O) groups is 1. The van der Waals surface area contributed by atoms with Crippen LogP contribution in [0, 0.1) is 5.92 Å². The molecule has 0 rings (SSSR count). The fraction of sp³-hybridized carbons (Fsp3) is 0.800. The SMILES string of the molecule is CCCCCCCC(C)(OC)C(=C=O)C(C)C(=O)O. The highest BCUT2D eigenvalue weighted by Gasteiger charge is 2.35. The molecular weight excluding hydrogens is 244 g/mol. The Balaban J connectivity index is 4.65. The molecule has 4 heteroatoms. The predicted octanol–water partition coefficient (Wildman–Crippen LogP) is 3.23. The minimum atomic E-state index is -1.02.